The monoisotopic (exact) mass is 348 g/mol. The average molecular weight is 349 g/mol. The van der Waals surface area contributed by atoms with Crippen LogP contribution in [0.4, 0.5) is 0 Å². The number of amides is 1. The maximum absolute atomic E-state index is 12.5. The van der Waals surface area contributed by atoms with Crippen LogP contribution in [0.3, 0.4) is 0 Å². The van der Waals surface area contributed by atoms with Crippen LogP contribution in [0.25, 0.3) is 0 Å². The van der Waals surface area contributed by atoms with Gasteiger partial charge < -0.3 is 5.32 Å². The van der Waals surface area contributed by atoms with E-state index in [2.05, 4.69) is 29.4 Å². The van der Waals surface area contributed by atoms with Crippen LogP contribution in [0.15, 0.2) is 53.7 Å². The summed E-state index contributed by atoms with van der Waals surface area (Å²) >= 11 is 7.26. The second kappa shape index (κ2) is 8.94. The SMILES string of the molecule is CCCC(NC(=O)C(C)Sc1ccc(Cl)cn1)c1ccccc1. The quantitative estimate of drug-likeness (QED) is 0.725. The van der Waals surface area contributed by atoms with E-state index in [1.54, 1.807) is 12.3 Å². The Morgan fingerprint density at radius 3 is 2.61 bits per heavy atom. The largest absolute Gasteiger partial charge is 0.348 e. The van der Waals surface area contributed by atoms with Crippen molar-refractivity contribution in [2.75, 3.05) is 0 Å². The molecule has 23 heavy (non-hydrogen) atoms. The highest BCUT2D eigenvalue weighted by atomic mass is 35.5. The molecule has 0 saturated heterocycles. The van der Waals surface area contributed by atoms with Crippen LogP contribution in [0, 0.1) is 0 Å². The molecule has 0 fully saturated rings. The summed E-state index contributed by atoms with van der Waals surface area (Å²) in [5, 5.41) is 4.33. The minimum atomic E-state index is -0.216. The topological polar surface area (TPSA) is 42.0 Å². The Morgan fingerprint density at radius 2 is 2.00 bits per heavy atom. The Morgan fingerprint density at radius 1 is 1.26 bits per heavy atom. The predicted octanol–water partition coefficient (Wildman–Crippen LogP) is 4.87. The van der Waals surface area contributed by atoms with Gasteiger partial charge in [-0.3, -0.25) is 4.79 Å². The van der Waals surface area contributed by atoms with Gasteiger partial charge >= 0.3 is 0 Å². The summed E-state index contributed by atoms with van der Waals surface area (Å²) in [6.45, 7) is 4.02. The second-order valence-electron chi connectivity index (χ2n) is 5.34. The van der Waals surface area contributed by atoms with E-state index in [1.807, 2.05) is 31.2 Å². The fourth-order valence-electron chi connectivity index (χ4n) is 2.25. The van der Waals surface area contributed by atoms with E-state index in [4.69, 9.17) is 11.6 Å². The maximum Gasteiger partial charge on any atom is 0.233 e. The number of hydrogen-bond donors (Lipinski definition) is 1. The molecule has 2 unspecified atom stereocenters. The van der Waals surface area contributed by atoms with Crippen molar-refractivity contribution in [1.82, 2.24) is 10.3 Å². The second-order valence-corrected chi connectivity index (χ2v) is 7.13. The van der Waals surface area contributed by atoms with Crippen molar-refractivity contribution in [3.63, 3.8) is 0 Å². The number of pyridine rings is 1. The third-order valence-electron chi connectivity index (χ3n) is 3.46. The fraction of sp³-hybridized carbons (Fsp3) is 0.333. The van der Waals surface area contributed by atoms with Crippen LogP contribution in [0.1, 0.15) is 38.3 Å². The molecule has 0 aliphatic carbocycles. The number of rotatable bonds is 7. The highest BCUT2D eigenvalue weighted by molar-refractivity contribution is 8.00. The van der Waals surface area contributed by atoms with Crippen molar-refractivity contribution in [3.8, 4) is 0 Å². The number of nitrogens with zero attached hydrogens (tertiary/aromatic N) is 1. The zero-order valence-corrected chi connectivity index (χ0v) is 14.9. The van der Waals surface area contributed by atoms with Crippen LogP contribution in [-0.4, -0.2) is 16.1 Å². The normalized spacial score (nSPS) is 13.3. The summed E-state index contributed by atoms with van der Waals surface area (Å²) in [5.74, 6) is 0.0223. The zero-order chi connectivity index (χ0) is 16.7. The molecule has 122 valence electrons. The molecular formula is C18H21ClN2OS. The van der Waals surface area contributed by atoms with E-state index in [9.17, 15) is 4.79 Å². The molecule has 0 radical (unpaired) electrons. The molecule has 2 rings (SSSR count). The Balaban J connectivity index is 1.99. The van der Waals surface area contributed by atoms with E-state index in [0.29, 0.717) is 5.02 Å². The number of aromatic nitrogens is 1. The van der Waals surface area contributed by atoms with Crippen molar-refractivity contribution >= 4 is 29.3 Å². The summed E-state index contributed by atoms with van der Waals surface area (Å²) in [4.78, 5) is 16.7. The Labute approximate surface area is 146 Å². The van der Waals surface area contributed by atoms with Gasteiger partial charge in [-0.1, -0.05) is 67.0 Å². The molecule has 0 spiro atoms. The smallest absolute Gasteiger partial charge is 0.233 e. The van der Waals surface area contributed by atoms with Crippen molar-refractivity contribution in [2.45, 2.75) is 43.0 Å². The molecule has 1 N–H and O–H groups in total. The Kier molecular flexibility index (Phi) is 6.93. The van der Waals surface area contributed by atoms with Crippen LogP contribution in [0.2, 0.25) is 5.02 Å². The summed E-state index contributed by atoms with van der Waals surface area (Å²) < 4.78 is 0. The van der Waals surface area contributed by atoms with Gasteiger partial charge in [-0.05, 0) is 31.0 Å². The molecule has 0 saturated carbocycles. The lowest BCUT2D eigenvalue weighted by Crippen LogP contribution is -2.34. The lowest BCUT2D eigenvalue weighted by molar-refractivity contribution is -0.121. The number of hydrogen-bond acceptors (Lipinski definition) is 3. The lowest BCUT2D eigenvalue weighted by atomic mass is 10.0. The van der Waals surface area contributed by atoms with E-state index in [0.717, 1.165) is 23.4 Å². The van der Waals surface area contributed by atoms with Gasteiger partial charge in [0.15, 0.2) is 0 Å². The lowest BCUT2D eigenvalue weighted by Gasteiger charge is -2.21. The number of thioether (sulfide) groups is 1. The van der Waals surface area contributed by atoms with Gasteiger partial charge in [-0.2, -0.15) is 0 Å². The highest BCUT2D eigenvalue weighted by Crippen LogP contribution is 2.24. The zero-order valence-electron chi connectivity index (χ0n) is 13.3. The number of nitrogens with one attached hydrogen (secondary N) is 1. The Hall–Kier alpha value is -1.52. The van der Waals surface area contributed by atoms with E-state index in [-0.39, 0.29) is 17.2 Å². The van der Waals surface area contributed by atoms with Gasteiger partial charge in [0.05, 0.1) is 21.3 Å². The van der Waals surface area contributed by atoms with Gasteiger partial charge in [-0.15, -0.1) is 0 Å². The molecule has 2 aromatic rings. The first-order valence-corrected chi connectivity index (χ1v) is 8.99. The van der Waals surface area contributed by atoms with E-state index in [1.165, 1.54) is 11.8 Å². The van der Waals surface area contributed by atoms with E-state index >= 15 is 0 Å². The van der Waals surface area contributed by atoms with Crippen molar-refractivity contribution in [2.24, 2.45) is 0 Å². The van der Waals surface area contributed by atoms with Gasteiger partial charge in [-0.25, -0.2) is 4.98 Å². The standard InChI is InChI=1S/C18H21ClN2OS/c1-3-7-16(14-8-5-4-6-9-14)21-18(22)13(2)23-17-11-10-15(19)12-20-17/h4-6,8-13,16H,3,7H2,1-2H3,(H,21,22). The number of halogens is 1. The minimum Gasteiger partial charge on any atom is -0.348 e. The molecule has 3 nitrogen and oxygen atoms in total. The Bertz CT molecular complexity index is 619. The number of carbonyl (C=O) groups is 1. The van der Waals surface area contributed by atoms with E-state index < -0.39 is 0 Å². The summed E-state index contributed by atoms with van der Waals surface area (Å²) in [6, 6.07) is 13.8. The molecule has 2 atom stereocenters. The predicted molar refractivity (Wildman–Crippen MR) is 96.8 cm³/mol. The van der Waals surface area contributed by atoms with Gasteiger partial charge in [0.1, 0.15) is 0 Å². The van der Waals surface area contributed by atoms with Crippen LogP contribution in [0.5, 0.6) is 0 Å². The highest BCUT2D eigenvalue weighted by Gasteiger charge is 2.19. The molecule has 0 aliphatic heterocycles. The van der Waals surface area contributed by atoms with Gasteiger partial charge in [0.25, 0.3) is 0 Å². The summed E-state index contributed by atoms with van der Waals surface area (Å²) in [5.41, 5.74) is 1.14. The molecule has 0 bridgehead atoms. The maximum atomic E-state index is 12.5. The van der Waals surface area contributed by atoms with Crippen molar-refractivity contribution in [3.05, 3.63) is 59.2 Å². The molecule has 1 amide bonds. The first-order valence-electron chi connectivity index (χ1n) is 7.73. The summed E-state index contributed by atoms with van der Waals surface area (Å²) in [6.07, 6.45) is 3.53. The van der Waals surface area contributed by atoms with Gasteiger partial charge in [0.2, 0.25) is 5.91 Å². The molecule has 5 heteroatoms. The van der Waals surface area contributed by atoms with Gasteiger partial charge in [0, 0.05) is 6.20 Å². The third-order valence-corrected chi connectivity index (χ3v) is 4.74. The molecule has 1 heterocycles. The molecular weight excluding hydrogens is 328 g/mol. The average Bonchev–Trinajstić information content (AvgIpc) is 2.57. The molecule has 1 aromatic carbocycles. The van der Waals surface area contributed by atoms with Crippen LogP contribution < -0.4 is 5.32 Å². The molecule has 1 aromatic heterocycles. The first-order chi connectivity index (χ1) is 11.1. The fourth-order valence-corrected chi connectivity index (χ4v) is 3.16. The van der Waals surface area contributed by atoms with Crippen molar-refractivity contribution < 1.29 is 4.79 Å². The van der Waals surface area contributed by atoms with Crippen LogP contribution >= 0.6 is 23.4 Å². The third kappa shape index (κ3) is 5.56. The minimum absolute atomic E-state index is 0.0223. The number of benzene rings is 1. The van der Waals surface area contributed by atoms with Crippen molar-refractivity contribution in [1.29, 1.82) is 0 Å². The number of carbonyl (C=O) groups excluding carboxylic acids is 1. The summed E-state index contributed by atoms with van der Waals surface area (Å²) in [7, 11) is 0. The van der Waals surface area contributed by atoms with Crippen LogP contribution in [-0.2, 0) is 4.79 Å². The molecule has 0 aliphatic rings. The first kappa shape index (κ1) is 17.8.